The summed E-state index contributed by atoms with van der Waals surface area (Å²) in [6, 6.07) is 4.98. The first-order chi connectivity index (χ1) is 12.8. The van der Waals surface area contributed by atoms with Crippen LogP contribution in [0.1, 0.15) is 36.8 Å². The van der Waals surface area contributed by atoms with Gasteiger partial charge >= 0.3 is 6.18 Å². The van der Waals surface area contributed by atoms with Crippen molar-refractivity contribution in [2.24, 2.45) is 17.6 Å². The Morgan fingerprint density at radius 3 is 2.71 bits per heavy atom. The van der Waals surface area contributed by atoms with Gasteiger partial charge in [0, 0.05) is 25.6 Å². The van der Waals surface area contributed by atoms with Crippen molar-refractivity contribution in [3.05, 3.63) is 35.4 Å². The number of hydrogen-bond donors (Lipinski definition) is 2. The third-order valence-corrected chi connectivity index (χ3v) is 5.50. The van der Waals surface area contributed by atoms with E-state index in [1.54, 1.807) is 6.07 Å². The molecule has 1 aromatic carbocycles. The van der Waals surface area contributed by atoms with Crippen molar-refractivity contribution >= 4 is 24.2 Å². The third kappa shape index (κ3) is 5.17. The van der Waals surface area contributed by atoms with Gasteiger partial charge in [-0.05, 0) is 43.0 Å². The number of halogens is 4. The summed E-state index contributed by atoms with van der Waals surface area (Å²) in [5.74, 6) is -0.579. The molecule has 9 heteroatoms. The Balaban J connectivity index is 0.00000280. The van der Waals surface area contributed by atoms with Crippen molar-refractivity contribution in [2.75, 3.05) is 13.1 Å². The van der Waals surface area contributed by atoms with Crippen molar-refractivity contribution in [3.63, 3.8) is 0 Å². The number of nitrogens with zero attached hydrogens (tertiary/aromatic N) is 1. The highest BCUT2D eigenvalue weighted by Gasteiger charge is 2.37. The Kier molecular flexibility index (Phi) is 7.33. The number of carbonyl (C=O) groups is 2. The Labute approximate surface area is 168 Å². The van der Waals surface area contributed by atoms with Crippen LogP contribution in [-0.4, -0.2) is 35.8 Å². The molecule has 5 nitrogen and oxygen atoms in total. The lowest BCUT2D eigenvalue weighted by Crippen LogP contribution is -2.43. The number of amides is 2. The monoisotopic (exact) mass is 419 g/mol. The quantitative estimate of drug-likeness (QED) is 0.770. The molecule has 3 atom stereocenters. The van der Waals surface area contributed by atoms with Gasteiger partial charge in [0.1, 0.15) is 0 Å². The summed E-state index contributed by atoms with van der Waals surface area (Å²) in [6.07, 6.45) is -1.42. The van der Waals surface area contributed by atoms with Crippen molar-refractivity contribution in [3.8, 4) is 0 Å². The molecule has 1 saturated heterocycles. The van der Waals surface area contributed by atoms with Gasteiger partial charge in [0.25, 0.3) is 0 Å². The smallest absolute Gasteiger partial charge is 0.353 e. The normalized spacial score (nSPS) is 24.9. The summed E-state index contributed by atoms with van der Waals surface area (Å²) < 4.78 is 38.5. The van der Waals surface area contributed by atoms with Crippen LogP contribution in [0.2, 0.25) is 0 Å². The highest BCUT2D eigenvalue weighted by atomic mass is 35.5. The Hall–Kier alpha value is -1.80. The number of carbonyl (C=O) groups excluding carboxylic acids is 2. The number of nitrogens with two attached hydrogens (primary N) is 1. The second kappa shape index (κ2) is 9.13. The zero-order valence-electron chi connectivity index (χ0n) is 15.4. The minimum absolute atomic E-state index is 0. The first-order valence-corrected chi connectivity index (χ1v) is 9.22. The maximum Gasteiger partial charge on any atom is 0.416 e. The molecule has 2 amide bonds. The summed E-state index contributed by atoms with van der Waals surface area (Å²) in [5.41, 5.74) is 5.39. The van der Waals surface area contributed by atoms with Crippen LogP contribution in [0.3, 0.4) is 0 Å². The predicted octanol–water partition coefficient (Wildman–Crippen LogP) is 2.72. The summed E-state index contributed by atoms with van der Waals surface area (Å²) in [4.78, 5) is 26.2. The van der Waals surface area contributed by atoms with Gasteiger partial charge in [-0.1, -0.05) is 18.6 Å². The summed E-state index contributed by atoms with van der Waals surface area (Å²) in [7, 11) is 0. The lowest BCUT2D eigenvalue weighted by atomic mass is 10.0. The van der Waals surface area contributed by atoms with E-state index < -0.39 is 17.7 Å². The van der Waals surface area contributed by atoms with Gasteiger partial charge in [-0.15, -0.1) is 12.4 Å². The van der Waals surface area contributed by atoms with Crippen LogP contribution < -0.4 is 11.1 Å². The molecule has 156 valence electrons. The van der Waals surface area contributed by atoms with Crippen molar-refractivity contribution in [2.45, 2.75) is 44.4 Å². The molecule has 3 unspecified atom stereocenters. The highest BCUT2D eigenvalue weighted by molar-refractivity contribution is 5.89. The number of nitrogens with one attached hydrogen (secondary N) is 1. The second-order valence-electron chi connectivity index (χ2n) is 7.42. The standard InChI is InChI=1S/C19H24F3N3O2.ClH/c20-19(21,22)15-5-1-3-12(7-15)10-25-11-14(8-17(25)26)18(27)24-16-6-2-4-13(16)9-23;/h1,3,5,7,13-14,16H,2,4,6,8-11,23H2,(H,24,27);1H. The molecule has 1 aliphatic carbocycles. The summed E-state index contributed by atoms with van der Waals surface area (Å²) >= 11 is 0. The summed E-state index contributed by atoms with van der Waals surface area (Å²) in [5, 5.41) is 3.01. The molecule has 1 aromatic rings. The zero-order valence-corrected chi connectivity index (χ0v) is 16.2. The van der Waals surface area contributed by atoms with Crippen LogP contribution in [0, 0.1) is 11.8 Å². The van der Waals surface area contributed by atoms with Gasteiger partial charge in [0.15, 0.2) is 0 Å². The van der Waals surface area contributed by atoms with E-state index in [0.717, 1.165) is 31.4 Å². The van der Waals surface area contributed by atoms with Gasteiger partial charge in [-0.3, -0.25) is 9.59 Å². The van der Waals surface area contributed by atoms with E-state index in [2.05, 4.69) is 5.32 Å². The molecule has 2 aliphatic rings. The highest BCUT2D eigenvalue weighted by Crippen LogP contribution is 2.30. The van der Waals surface area contributed by atoms with Crippen LogP contribution in [0.15, 0.2) is 24.3 Å². The molecule has 28 heavy (non-hydrogen) atoms. The van der Waals surface area contributed by atoms with Crippen LogP contribution in [0.4, 0.5) is 13.2 Å². The molecule has 1 saturated carbocycles. The van der Waals surface area contributed by atoms with Gasteiger partial charge in [-0.2, -0.15) is 13.2 Å². The number of rotatable bonds is 5. The predicted molar refractivity (Wildman–Crippen MR) is 101 cm³/mol. The molecule has 0 aromatic heterocycles. The number of hydrogen-bond acceptors (Lipinski definition) is 3. The average Bonchev–Trinajstić information content (AvgIpc) is 3.21. The number of likely N-dealkylation sites (tertiary alicyclic amines) is 1. The molecule has 0 spiro atoms. The Morgan fingerprint density at radius 1 is 1.29 bits per heavy atom. The topological polar surface area (TPSA) is 75.4 Å². The van der Waals surface area contributed by atoms with Gasteiger partial charge in [0.05, 0.1) is 11.5 Å². The average molecular weight is 420 g/mol. The fourth-order valence-corrected chi connectivity index (χ4v) is 3.98. The first kappa shape index (κ1) is 22.5. The van der Waals surface area contributed by atoms with Gasteiger partial charge < -0.3 is 16.0 Å². The molecule has 3 rings (SSSR count). The van der Waals surface area contributed by atoms with Crippen LogP contribution in [0.5, 0.6) is 0 Å². The maximum atomic E-state index is 12.8. The third-order valence-electron chi connectivity index (χ3n) is 5.50. The van der Waals surface area contributed by atoms with E-state index in [1.807, 2.05) is 0 Å². The fourth-order valence-electron chi connectivity index (χ4n) is 3.98. The number of alkyl halides is 3. The van der Waals surface area contributed by atoms with Crippen LogP contribution in [0.25, 0.3) is 0 Å². The van der Waals surface area contributed by atoms with Crippen molar-refractivity contribution < 1.29 is 22.8 Å². The summed E-state index contributed by atoms with van der Waals surface area (Å²) in [6.45, 7) is 0.818. The van der Waals surface area contributed by atoms with E-state index in [-0.39, 0.29) is 55.7 Å². The Bertz CT molecular complexity index is 714. The molecule has 3 N–H and O–H groups in total. The molecular weight excluding hydrogens is 395 g/mol. The first-order valence-electron chi connectivity index (χ1n) is 9.22. The molecule has 0 bridgehead atoms. The van der Waals surface area contributed by atoms with Crippen molar-refractivity contribution in [1.29, 1.82) is 0 Å². The van der Waals surface area contributed by atoms with E-state index in [0.29, 0.717) is 12.1 Å². The lowest BCUT2D eigenvalue weighted by Gasteiger charge is -2.22. The number of benzene rings is 1. The maximum absolute atomic E-state index is 12.8. The largest absolute Gasteiger partial charge is 0.416 e. The lowest BCUT2D eigenvalue weighted by molar-refractivity contribution is -0.137. The molecule has 1 aliphatic heterocycles. The van der Waals surface area contributed by atoms with Crippen molar-refractivity contribution in [1.82, 2.24) is 10.2 Å². The second-order valence-corrected chi connectivity index (χ2v) is 7.42. The van der Waals surface area contributed by atoms with Crippen LogP contribution in [-0.2, 0) is 22.3 Å². The van der Waals surface area contributed by atoms with E-state index in [9.17, 15) is 22.8 Å². The van der Waals surface area contributed by atoms with E-state index >= 15 is 0 Å². The molecular formula is C19H25ClF3N3O2. The van der Waals surface area contributed by atoms with E-state index in [4.69, 9.17) is 5.73 Å². The Morgan fingerprint density at radius 2 is 2.04 bits per heavy atom. The van der Waals surface area contributed by atoms with E-state index in [1.165, 1.54) is 11.0 Å². The van der Waals surface area contributed by atoms with Gasteiger partial charge in [0.2, 0.25) is 11.8 Å². The minimum Gasteiger partial charge on any atom is -0.353 e. The molecule has 2 fully saturated rings. The zero-order chi connectivity index (χ0) is 19.6. The molecule has 0 radical (unpaired) electrons. The van der Waals surface area contributed by atoms with Gasteiger partial charge in [-0.25, -0.2) is 0 Å². The minimum atomic E-state index is -4.42. The van der Waals surface area contributed by atoms with Crippen LogP contribution >= 0.6 is 12.4 Å². The fraction of sp³-hybridized carbons (Fsp3) is 0.579. The SMILES string of the molecule is Cl.NCC1CCCC1NC(=O)C1CC(=O)N(Cc2cccc(C(F)(F)F)c2)C1. The molecule has 1 heterocycles.